The molecular formula is C19H19ClN6O5S2. The first-order valence-electron chi connectivity index (χ1n) is 9.77. The van der Waals surface area contributed by atoms with Gasteiger partial charge in [-0.25, -0.2) is 9.78 Å². The van der Waals surface area contributed by atoms with E-state index >= 15 is 0 Å². The maximum Gasteiger partial charge on any atom is 0.352 e. The van der Waals surface area contributed by atoms with Crippen molar-refractivity contribution in [2.75, 3.05) is 0 Å². The van der Waals surface area contributed by atoms with Gasteiger partial charge >= 0.3 is 5.97 Å². The first-order chi connectivity index (χ1) is 15.7. The predicted molar refractivity (Wildman–Crippen MR) is 124 cm³/mol. The van der Waals surface area contributed by atoms with Crippen LogP contribution in [0.3, 0.4) is 0 Å². The summed E-state index contributed by atoms with van der Waals surface area (Å²) in [6.45, 7) is 1.85. The third-order valence-electron chi connectivity index (χ3n) is 5.55. The average Bonchev–Trinajstić information content (AvgIpc) is 3.33. The highest BCUT2D eigenvalue weighted by molar-refractivity contribution is 8.15. The number of nitrogens with one attached hydrogen (secondary N) is 1. The maximum atomic E-state index is 12.8. The molecule has 0 radical (unpaired) electrons. The molecule has 1 fully saturated rings. The number of thioether (sulfide) groups is 1. The second-order valence-corrected chi connectivity index (χ2v) is 10.2. The van der Waals surface area contributed by atoms with Crippen molar-refractivity contribution in [2.24, 2.45) is 15.9 Å². The number of hydrogen-bond donors (Lipinski definition) is 4. The molecular weight excluding hydrogens is 492 g/mol. The smallest absolute Gasteiger partial charge is 0.352 e. The number of oxime groups is 1. The van der Waals surface area contributed by atoms with Gasteiger partial charge in [-0.05, 0) is 31.4 Å². The van der Waals surface area contributed by atoms with Gasteiger partial charge in [-0.1, -0.05) is 23.0 Å². The van der Waals surface area contributed by atoms with Crippen molar-refractivity contribution in [1.82, 2.24) is 15.2 Å². The molecule has 4 atom stereocenters. The number of carbonyl (C=O) groups is 3. The molecule has 3 aliphatic rings. The number of β-lactam (4-membered cyclic amide) rings is 1. The van der Waals surface area contributed by atoms with E-state index in [1.54, 1.807) is 17.7 Å². The summed E-state index contributed by atoms with van der Waals surface area (Å²) < 4.78 is -0.733. The Kier molecular flexibility index (Phi) is 6.45. The van der Waals surface area contributed by atoms with Crippen molar-refractivity contribution in [3.05, 3.63) is 33.4 Å². The van der Waals surface area contributed by atoms with Gasteiger partial charge in [0.2, 0.25) is 0 Å². The number of amidine groups is 1. The van der Waals surface area contributed by atoms with Crippen LogP contribution < -0.4 is 11.1 Å². The van der Waals surface area contributed by atoms with E-state index in [-0.39, 0.29) is 16.6 Å². The standard InChI is InChI=1S/C19H19ClN6O5S2/c1-7-10(32-6-22-7)5-3-8-2-4-9-11(17(28)26(9)14(8)18(29)30)23-16(27)13(25-31)12-15(20)33-19(21)24-12/h3,5-6,9,11-12,15,31H,2,4H2,1H3,(H2,21,24)(H,23,27)(H,29,30)/b5-3-,25-13-. The Hall–Kier alpha value is -2.90. The van der Waals surface area contributed by atoms with E-state index in [1.165, 1.54) is 16.2 Å². The lowest BCUT2D eigenvalue weighted by Crippen LogP contribution is -2.72. The number of allylic oxidation sites excluding steroid dienone is 2. The number of carboxylic acid groups (broad SMARTS) is 1. The topological polar surface area (TPSA) is 171 Å². The fourth-order valence-corrected chi connectivity index (χ4v) is 5.81. The molecule has 0 saturated carbocycles. The van der Waals surface area contributed by atoms with Crippen LogP contribution in [-0.4, -0.2) is 71.7 Å². The van der Waals surface area contributed by atoms with Crippen molar-refractivity contribution in [3.63, 3.8) is 0 Å². The lowest BCUT2D eigenvalue weighted by atomic mass is 9.83. The number of halogens is 1. The van der Waals surface area contributed by atoms with Gasteiger partial charge in [0, 0.05) is 4.88 Å². The SMILES string of the molecule is Cc1ncsc1/C=C\C1=C(C(=O)O)N2C(=O)C(NC(=O)/C(=N\O)C3N=C(N)SC3Cl)C2CC1. The van der Waals surface area contributed by atoms with Crippen LogP contribution in [0.25, 0.3) is 6.08 Å². The van der Waals surface area contributed by atoms with Crippen molar-refractivity contribution >= 4 is 69.4 Å². The maximum absolute atomic E-state index is 12.8. The van der Waals surface area contributed by atoms with Crippen LogP contribution >= 0.6 is 34.7 Å². The van der Waals surface area contributed by atoms with E-state index in [9.17, 15) is 24.7 Å². The summed E-state index contributed by atoms with van der Waals surface area (Å²) in [5.74, 6) is -2.61. The molecule has 1 saturated heterocycles. The molecule has 0 spiro atoms. The van der Waals surface area contributed by atoms with Gasteiger partial charge in [-0.2, -0.15) is 0 Å². The van der Waals surface area contributed by atoms with Crippen molar-refractivity contribution in [2.45, 2.75) is 42.6 Å². The second kappa shape index (κ2) is 9.15. The molecule has 0 aromatic carbocycles. The number of nitrogens with zero attached hydrogens (tertiary/aromatic N) is 4. The van der Waals surface area contributed by atoms with Crippen LogP contribution in [0.4, 0.5) is 0 Å². The highest BCUT2D eigenvalue weighted by Crippen LogP contribution is 2.38. The minimum absolute atomic E-state index is 0.110. The molecule has 4 heterocycles. The molecule has 3 aliphatic heterocycles. The summed E-state index contributed by atoms with van der Waals surface area (Å²) >= 11 is 8.55. The molecule has 2 amide bonds. The van der Waals surface area contributed by atoms with E-state index in [4.69, 9.17) is 17.3 Å². The van der Waals surface area contributed by atoms with E-state index in [0.717, 1.165) is 22.3 Å². The molecule has 5 N–H and O–H groups in total. The third-order valence-corrected chi connectivity index (χ3v) is 7.78. The van der Waals surface area contributed by atoms with Gasteiger partial charge < -0.3 is 21.4 Å². The van der Waals surface area contributed by atoms with Crippen LogP contribution in [0.15, 0.2) is 33.0 Å². The first kappa shape index (κ1) is 23.3. The van der Waals surface area contributed by atoms with Gasteiger partial charge in [0.1, 0.15) is 22.5 Å². The molecule has 0 aliphatic carbocycles. The quantitative estimate of drug-likeness (QED) is 0.145. The average molecular weight is 511 g/mol. The second-order valence-electron chi connectivity index (χ2n) is 7.45. The molecule has 4 rings (SSSR count). The van der Waals surface area contributed by atoms with E-state index in [2.05, 4.69) is 20.4 Å². The molecule has 1 aromatic heterocycles. The number of nitrogens with two attached hydrogens (primary N) is 1. The first-order valence-corrected chi connectivity index (χ1v) is 12.0. The largest absolute Gasteiger partial charge is 0.477 e. The molecule has 11 nitrogen and oxygen atoms in total. The van der Waals surface area contributed by atoms with Crippen LogP contribution in [0.5, 0.6) is 0 Å². The van der Waals surface area contributed by atoms with E-state index in [0.29, 0.717) is 18.4 Å². The van der Waals surface area contributed by atoms with Crippen LogP contribution in [0, 0.1) is 6.92 Å². The third kappa shape index (κ3) is 4.23. The number of hydrogen-bond acceptors (Lipinski definition) is 10. The van der Waals surface area contributed by atoms with Gasteiger partial charge in [0.05, 0.1) is 17.2 Å². The van der Waals surface area contributed by atoms with Crippen LogP contribution in [0.2, 0.25) is 0 Å². The Labute approximate surface area is 201 Å². The highest BCUT2D eigenvalue weighted by atomic mass is 35.5. The zero-order valence-electron chi connectivity index (χ0n) is 17.1. The zero-order valence-corrected chi connectivity index (χ0v) is 19.5. The number of aliphatic carboxylic acids is 1. The molecule has 4 unspecified atom stereocenters. The summed E-state index contributed by atoms with van der Waals surface area (Å²) in [7, 11) is 0. The Morgan fingerprint density at radius 3 is 2.76 bits per heavy atom. The molecule has 174 valence electrons. The minimum Gasteiger partial charge on any atom is -0.477 e. The van der Waals surface area contributed by atoms with Crippen molar-refractivity contribution < 1.29 is 24.7 Å². The normalized spacial score (nSPS) is 27.5. The number of fused-ring (bicyclic) bond motifs is 1. The number of alkyl halides is 1. The minimum atomic E-state index is -1.23. The Bertz CT molecular complexity index is 1150. The summed E-state index contributed by atoms with van der Waals surface area (Å²) in [5.41, 5.74) is 8.17. The van der Waals surface area contributed by atoms with Crippen LogP contribution in [0.1, 0.15) is 23.4 Å². The fraction of sp³-hybridized carbons (Fsp3) is 0.368. The molecule has 14 heteroatoms. The Balaban J connectivity index is 1.51. The number of aliphatic imine (C=N–C) groups is 1. The van der Waals surface area contributed by atoms with Crippen LogP contribution in [-0.2, 0) is 14.4 Å². The predicted octanol–water partition coefficient (Wildman–Crippen LogP) is 1.12. The number of amides is 2. The summed E-state index contributed by atoms with van der Waals surface area (Å²) in [6, 6.07) is -2.46. The summed E-state index contributed by atoms with van der Waals surface area (Å²) in [6.07, 6.45) is 4.33. The van der Waals surface area contributed by atoms with E-state index in [1.807, 2.05) is 6.92 Å². The summed E-state index contributed by atoms with van der Waals surface area (Å²) in [5, 5.41) is 24.8. The number of carbonyl (C=O) groups excluding carboxylic acids is 2. The molecule has 33 heavy (non-hydrogen) atoms. The fourth-order valence-electron chi connectivity index (χ4n) is 3.95. The van der Waals surface area contributed by atoms with Gasteiger partial charge in [-0.15, -0.1) is 22.9 Å². The lowest BCUT2D eigenvalue weighted by molar-refractivity contribution is -0.155. The van der Waals surface area contributed by atoms with Crippen molar-refractivity contribution in [1.29, 1.82) is 0 Å². The monoisotopic (exact) mass is 510 g/mol. The Morgan fingerprint density at radius 2 is 2.18 bits per heavy atom. The van der Waals surface area contributed by atoms with E-state index < -0.39 is 40.6 Å². The zero-order chi connectivity index (χ0) is 23.9. The number of aryl methyl sites for hydroxylation is 1. The van der Waals surface area contributed by atoms with Crippen molar-refractivity contribution in [3.8, 4) is 0 Å². The summed E-state index contributed by atoms with van der Waals surface area (Å²) in [4.78, 5) is 47.7. The van der Waals surface area contributed by atoms with Gasteiger partial charge in [0.25, 0.3) is 11.8 Å². The number of thiazole rings is 1. The number of rotatable bonds is 6. The number of aromatic nitrogens is 1. The van der Waals surface area contributed by atoms with Gasteiger partial charge in [-0.3, -0.25) is 19.5 Å². The number of carboxylic acids is 1. The highest BCUT2D eigenvalue weighted by Gasteiger charge is 2.53. The Morgan fingerprint density at radius 1 is 1.42 bits per heavy atom. The molecule has 1 aromatic rings. The molecule has 0 bridgehead atoms. The van der Waals surface area contributed by atoms with Gasteiger partial charge in [0.15, 0.2) is 10.9 Å². The lowest BCUT2D eigenvalue weighted by Gasteiger charge is -2.50.